The van der Waals surface area contributed by atoms with Gasteiger partial charge in [0.2, 0.25) is 10.0 Å². The molecule has 0 spiro atoms. The van der Waals surface area contributed by atoms with Crippen molar-refractivity contribution in [2.24, 2.45) is 5.41 Å². The molecule has 0 saturated heterocycles. The highest BCUT2D eigenvalue weighted by atomic mass is 32.2. The molecule has 0 aliphatic heterocycles. The molecule has 0 radical (unpaired) electrons. The topological polar surface area (TPSA) is 58.2 Å². The zero-order valence-electron chi connectivity index (χ0n) is 12.1. The van der Waals surface area contributed by atoms with Crippen molar-refractivity contribution in [1.29, 1.82) is 0 Å². The fourth-order valence-electron chi connectivity index (χ4n) is 1.52. The molecule has 18 heavy (non-hydrogen) atoms. The van der Waals surface area contributed by atoms with E-state index in [4.69, 9.17) is 0 Å². The van der Waals surface area contributed by atoms with E-state index >= 15 is 0 Å². The molecular weight excluding hydrogens is 248 g/mol. The number of hydrogen-bond acceptors (Lipinski definition) is 3. The standard InChI is InChI=1S/C13H28N2O2S/c1-11(13(2,3)4)15-18(16,17)10-6-5-9-14-12-7-8-12/h11-12,14-15H,5-10H2,1-4H3. The molecule has 1 rings (SSSR count). The van der Waals surface area contributed by atoms with Gasteiger partial charge >= 0.3 is 0 Å². The van der Waals surface area contributed by atoms with E-state index < -0.39 is 10.0 Å². The lowest BCUT2D eigenvalue weighted by molar-refractivity contribution is 0.317. The molecule has 1 atom stereocenters. The zero-order valence-corrected chi connectivity index (χ0v) is 12.9. The Kier molecular flexibility index (Phi) is 5.62. The fourth-order valence-corrected chi connectivity index (χ4v) is 3.11. The molecule has 108 valence electrons. The minimum absolute atomic E-state index is 0.0351. The van der Waals surface area contributed by atoms with Crippen molar-refractivity contribution in [3.05, 3.63) is 0 Å². The summed E-state index contributed by atoms with van der Waals surface area (Å²) in [4.78, 5) is 0. The molecule has 0 bridgehead atoms. The summed E-state index contributed by atoms with van der Waals surface area (Å²) in [5.74, 6) is 0.236. The molecule has 4 nitrogen and oxygen atoms in total. The summed E-state index contributed by atoms with van der Waals surface area (Å²) in [6.07, 6.45) is 4.22. The average molecular weight is 276 g/mol. The molecule has 0 heterocycles. The van der Waals surface area contributed by atoms with Gasteiger partial charge in [-0.15, -0.1) is 0 Å². The predicted molar refractivity (Wildman–Crippen MR) is 76.1 cm³/mol. The van der Waals surface area contributed by atoms with Gasteiger partial charge in [0, 0.05) is 12.1 Å². The first-order valence-corrected chi connectivity index (χ1v) is 8.59. The minimum atomic E-state index is -3.13. The van der Waals surface area contributed by atoms with Gasteiger partial charge in [-0.05, 0) is 44.6 Å². The number of nitrogens with one attached hydrogen (secondary N) is 2. The van der Waals surface area contributed by atoms with Crippen LogP contribution in [0.2, 0.25) is 0 Å². The molecule has 2 N–H and O–H groups in total. The molecule has 1 saturated carbocycles. The predicted octanol–water partition coefficient (Wildman–Crippen LogP) is 1.87. The first-order valence-electron chi connectivity index (χ1n) is 6.94. The zero-order chi connectivity index (χ0) is 13.8. The number of hydrogen-bond donors (Lipinski definition) is 2. The summed E-state index contributed by atoms with van der Waals surface area (Å²) < 4.78 is 26.5. The summed E-state index contributed by atoms with van der Waals surface area (Å²) in [7, 11) is -3.13. The third kappa shape index (κ3) is 6.71. The minimum Gasteiger partial charge on any atom is -0.314 e. The fraction of sp³-hybridized carbons (Fsp3) is 1.00. The average Bonchev–Trinajstić information content (AvgIpc) is 2.98. The summed E-state index contributed by atoms with van der Waals surface area (Å²) >= 11 is 0. The van der Waals surface area contributed by atoms with Crippen LogP contribution in [-0.2, 0) is 10.0 Å². The molecule has 5 heteroatoms. The molecule has 0 aromatic rings. The highest BCUT2D eigenvalue weighted by Gasteiger charge is 2.24. The van der Waals surface area contributed by atoms with E-state index in [-0.39, 0.29) is 17.2 Å². The van der Waals surface area contributed by atoms with Gasteiger partial charge in [-0.1, -0.05) is 20.8 Å². The first kappa shape index (κ1) is 15.9. The molecule has 0 amide bonds. The Balaban J connectivity index is 2.17. The maximum Gasteiger partial charge on any atom is 0.211 e. The Morgan fingerprint density at radius 1 is 1.22 bits per heavy atom. The van der Waals surface area contributed by atoms with Crippen LogP contribution in [0.1, 0.15) is 53.4 Å². The molecule has 1 fully saturated rings. The molecule has 0 aromatic heterocycles. The van der Waals surface area contributed by atoms with E-state index in [2.05, 4.69) is 10.0 Å². The second kappa shape index (κ2) is 6.35. The van der Waals surface area contributed by atoms with E-state index in [1.807, 2.05) is 27.7 Å². The van der Waals surface area contributed by atoms with Crippen LogP contribution >= 0.6 is 0 Å². The SMILES string of the molecule is CC(NS(=O)(=O)CCCCNC1CC1)C(C)(C)C. The van der Waals surface area contributed by atoms with Gasteiger partial charge in [-0.3, -0.25) is 0 Å². The van der Waals surface area contributed by atoms with Gasteiger partial charge in [0.15, 0.2) is 0 Å². The van der Waals surface area contributed by atoms with Crippen molar-refractivity contribution in [1.82, 2.24) is 10.0 Å². The third-order valence-electron chi connectivity index (χ3n) is 3.51. The summed E-state index contributed by atoms with van der Waals surface area (Å²) in [6, 6.07) is 0.674. The van der Waals surface area contributed by atoms with E-state index in [1.165, 1.54) is 12.8 Å². The van der Waals surface area contributed by atoms with E-state index in [9.17, 15) is 8.42 Å². The van der Waals surface area contributed by atoms with Crippen molar-refractivity contribution >= 4 is 10.0 Å². The van der Waals surface area contributed by atoms with Crippen LogP contribution in [0.4, 0.5) is 0 Å². The molecule has 1 unspecified atom stereocenters. The Morgan fingerprint density at radius 2 is 1.83 bits per heavy atom. The largest absolute Gasteiger partial charge is 0.314 e. The number of rotatable bonds is 8. The van der Waals surface area contributed by atoms with E-state index in [0.717, 1.165) is 19.4 Å². The first-order chi connectivity index (χ1) is 8.21. The third-order valence-corrected chi connectivity index (χ3v) is 5.04. The van der Waals surface area contributed by atoms with Gasteiger partial charge in [0.05, 0.1) is 5.75 Å². The van der Waals surface area contributed by atoms with Crippen molar-refractivity contribution in [2.45, 2.75) is 65.5 Å². The van der Waals surface area contributed by atoms with Crippen molar-refractivity contribution < 1.29 is 8.42 Å². The lowest BCUT2D eigenvalue weighted by atomic mass is 9.89. The van der Waals surface area contributed by atoms with Gasteiger partial charge in [-0.25, -0.2) is 13.1 Å². The van der Waals surface area contributed by atoms with Crippen molar-refractivity contribution in [3.8, 4) is 0 Å². The van der Waals surface area contributed by atoms with Crippen LogP contribution in [0, 0.1) is 5.41 Å². The quantitative estimate of drug-likeness (QED) is 0.665. The number of unbranched alkanes of at least 4 members (excludes halogenated alkanes) is 1. The van der Waals surface area contributed by atoms with E-state index in [0.29, 0.717) is 6.04 Å². The van der Waals surface area contributed by atoms with Crippen LogP contribution < -0.4 is 10.0 Å². The van der Waals surface area contributed by atoms with Gasteiger partial charge in [-0.2, -0.15) is 0 Å². The highest BCUT2D eigenvalue weighted by molar-refractivity contribution is 7.89. The van der Waals surface area contributed by atoms with Crippen LogP contribution in [0.3, 0.4) is 0 Å². The van der Waals surface area contributed by atoms with Crippen LogP contribution in [0.15, 0.2) is 0 Å². The van der Waals surface area contributed by atoms with Gasteiger partial charge in [0.1, 0.15) is 0 Å². The van der Waals surface area contributed by atoms with Gasteiger partial charge < -0.3 is 5.32 Å². The molecule has 1 aliphatic carbocycles. The van der Waals surface area contributed by atoms with Crippen LogP contribution in [0.5, 0.6) is 0 Å². The smallest absolute Gasteiger partial charge is 0.211 e. The van der Waals surface area contributed by atoms with Crippen molar-refractivity contribution in [3.63, 3.8) is 0 Å². The van der Waals surface area contributed by atoms with Crippen molar-refractivity contribution in [2.75, 3.05) is 12.3 Å². The Labute approximate surface area is 112 Å². The Morgan fingerprint density at radius 3 is 2.33 bits per heavy atom. The Bertz CT molecular complexity index is 342. The lowest BCUT2D eigenvalue weighted by Crippen LogP contribution is -2.42. The van der Waals surface area contributed by atoms with Crippen LogP contribution in [0.25, 0.3) is 0 Å². The molecule has 1 aliphatic rings. The maximum absolute atomic E-state index is 11.9. The Hall–Kier alpha value is -0.130. The highest BCUT2D eigenvalue weighted by Crippen LogP contribution is 2.19. The molecular formula is C13H28N2O2S. The summed E-state index contributed by atoms with van der Waals surface area (Å²) in [5.41, 5.74) is -0.0411. The second-order valence-corrected chi connectivity index (χ2v) is 8.33. The van der Waals surface area contributed by atoms with E-state index in [1.54, 1.807) is 0 Å². The normalized spacial score (nSPS) is 18.9. The summed E-state index contributed by atoms with van der Waals surface area (Å²) in [5, 5.41) is 3.39. The number of sulfonamides is 1. The van der Waals surface area contributed by atoms with Gasteiger partial charge in [0.25, 0.3) is 0 Å². The summed E-state index contributed by atoms with van der Waals surface area (Å²) in [6.45, 7) is 8.99. The van der Waals surface area contributed by atoms with Crippen LogP contribution in [-0.4, -0.2) is 32.8 Å². The monoisotopic (exact) mass is 276 g/mol. The molecule has 0 aromatic carbocycles. The second-order valence-electron chi connectivity index (χ2n) is 6.46. The maximum atomic E-state index is 11.9. The lowest BCUT2D eigenvalue weighted by Gasteiger charge is -2.27.